The summed E-state index contributed by atoms with van der Waals surface area (Å²) in [5.41, 5.74) is 2.90. The molecule has 2 aromatic carbocycles. The van der Waals surface area contributed by atoms with E-state index in [0.29, 0.717) is 11.8 Å². The number of thiol groups is 1. The highest BCUT2D eigenvalue weighted by Crippen LogP contribution is 2.45. The molecule has 4 heteroatoms. The van der Waals surface area contributed by atoms with Crippen LogP contribution in [0.15, 0.2) is 52.4 Å². The van der Waals surface area contributed by atoms with Crippen LogP contribution >= 0.6 is 10.9 Å². The van der Waals surface area contributed by atoms with E-state index in [9.17, 15) is 0 Å². The van der Waals surface area contributed by atoms with E-state index in [1.165, 1.54) is 33.9 Å². The largest absolute Gasteiger partial charge is 0.493 e. The molecule has 0 aliphatic carbocycles. The van der Waals surface area contributed by atoms with E-state index in [4.69, 9.17) is 14.5 Å². The van der Waals surface area contributed by atoms with Crippen LogP contribution in [0, 0.1) is 0 Å². The average Bonchev–Trinajstić information content (AvgIpc) is 3.21. The number of hydrogen-bond acceptors (Lipinski definition) is 3. The molecule has 1 heterocycles. The maximum absolute atomic E-state index is 5.51. The Labute approximate surface area is 178 Å². The van der Waals surface area contributed by atoms with E-state index in [2.05, 4.69) is 57.2 Å². The Balaban J connectivity index is 1.60. The summed E-state index contributed by atoms with van der Waals surface area (Å²) >= 11 is 0. The van der Waals surface area contributed by atoms with Gasteiger partial charge in [-0.2, -0.15) is 10.9 Å². The van der Waals surface area contributed by atoms with Gasteiger partial charge in [0.05, 0.1) is 19.3 Å². The molecule has 0 bridgehead atoms. The van der Waals surface area contributed by atoms with Crippen molar-refractivity contribution < 1.29 is 9.47 Å². The van der Waals surface area contributed by atoms with E-state index in [-0.39, 0.29) is 10.9 Å². The lowest BCUT2D eigenvalue weighted by molar-refractivity contribution is 0.354. The number of methoxy groups -OCH3 is 2. The minimum Gasteiger partial charge on any atom is -0.493 e. The van der Waals surface area contributed by atoms with Gasteiger partial charge < -0.3 is 9.47 Å². The minimum atomic E-state index is -0.327. The average molecular weight is 414 g/mol. The van der Waals surface area contributed by atoms with Crippen molar-refractivity contribution in [3.8, 4) is 11.5 Å². The topological polar surface area (TPSA) is 30.8 Å². The first-order valence-corrected chi connectivity index (χ1v) is 12.2. The SMILES string of the molecule is COc1ccc([SH]2CCN=C2CCCC(C)c2cccc(C(C)C)c2)cc1OC. The second-order valence-corrected chi connectivity index (χ2v) is 10.4. The van der Waals surface area contributed by atoms with Crippen molar-refractivity contribution >= 4 is 15.9 Å². The molecule has 3 nitrogen and oxygen atoms in total. The Morgan fingerprint density at radius 3 is 2.45 bits per heavy atom. The van der Waals surface area contributed by atoms with Crippen LogP contribution < -0.4 is 9.47 Å². The van der Waals surface area contributed by atoms with Crippen molar-refractivity contribution in [3.63, 3.8) is 0 Å². The van der Waals surface area contributed by atoms with Gasteiger partial charge >= 0.3 is 0 Å². The lowest BCUT2D eigenvalue weighted by atomic mass is 9.92. The van der Waals surface area contributed by atoms with Crippen molar-refractivity contribution in [2.45, 2.75) is 56.8 Å². The number of rotatable bonds is 9. The molecular weight excluding hydrogens is 378 g/mol. The van der Waals surface area contributed by atoms with Crippen LogP contribution in [0.1, 0.15) is 63.0 Å². The highest BCUT2D eigenvalue weighted by Gasteiger charge is 2.20. The third-order valence-corrected chi connectivity index (χ3v) is 8.33. The summed E-state index contributed by atoms with van der Waals surface area (Å²) in [6.45, 7) is 7.84. The molecule has 158 valence electrons. The fraction of sp³-hybridized carbons (Fsp3) is 0.480. The van der Waals surface area contributed by atoms with Gasteiger partial charge in [0.25, 0.3) is 0 Å². The molecule has 0 spiro atoms. The molecule has 0 fully saturated rings. The number of aliphatic imine (C=N–C) groups is 1. The standard InChI is InChI=1S/C25H35NO2S/c1-18(2)20-9-7-10-21(16-20)19(3)8-6-11-25-26-14-15-29(25)22-12-13-23(27-4)24(17-22)28-5/h7,9-10,12-13,16-19,29H,6,8,11,14-15H2,1-5H3. The summed E-state index contributed by atoms with van der Waals surface area (Å²) in [7, 11) is 3.06. The fourth-order valence-corrected chi connectivity index (χ4v) is 6.28. The van der Waals surface area contributed by atoms with Gasteiger partial charge in [0.2, 0.25) is 0 Å². The van der Waals surface area contributed by atoms with Gasteiger partial charge in [0.1, 0.15) is 0 Å². The zero-order valence-electron chi connectivity index (χ0n) is 18.4. The molecule has 0 amide bonds. The van der Waals surface area contributed by atoms with Gasteiger partial charge in [0.15, 0.2) is 11.5 Å². The summed E-state index contributed by atoms with van der Waals surface area (Å²) < 4.78 is 10.9. The van der Waals surface area contributed by atoms with E-state index in [1.54, 1.807) is 14.2 Å². The molecule has 29 heavy (non-hydrogen) atoms. The molecule has 0 aromatic heterocycles. The van der Waals surface area contributed by atoms with Crippen molar-refractivity contribution in [2.75, 3.05) is 26.5 Å². The Morgan fingerprint density at radius 2 is 1.72 bits per heavy atom. The van der Waals surface area contributed by atoms with Crippen LogP contribution in [-0.2, 0) is 0 Å². The first kappa shape index (κ1) is 21.8. The van der Waals surface area contributed by atoms with Crippen LogP contribution in [0.2, 0.25) is 0 Å². The Morgan fingerprint density at radius 1 is 0.966 bits per heavy atom. The quantitative estimate of drug-likeness (QED) is 0.471. The van der Waals surface area contributed by atoms with E-state index < -0.39 is 0 Å². The number of benzene rings is 2. The highest BCUT2D eigenvalue weighted by atomic mass is 32.2. The number of ether oxygens (including phenoxy) is 2. The fourth-order valence-electron chi connectivity index (χ4n) is 3.94. The van der Waals surface area contributed by atoms with Gasteiger partial charge in [-0.05, 0) is 65.3 Å². The van der Waals surface area contributed by atoms with Crippen molar-refractivity contribution in [3.05, 3.63) is 53.6 Å². The van der Waals surface area contributed by atoms with Gasteiger partial charge in [-0.3, -0.25) is 4.99 Å². The second-order valence-electron chi connectivity index (χ2n) is 8.11. The Kier molecular flexibility index (Phi) is 7.65. The molecule has 0 saturated carbocycles. The molecule has 2 atom stereocenters. The van der Waals surface area contributed by atoms with Crippen LogP contribution in [0.4, 0.5) is 0 Å². The third kappa shape index (κ3) is 5.36. The molecule has 0 radical (unpaired) electrons. The smallest absolute Gasteiger partial charge is 0.161 e. The molecule has 2 aromatic rings. The van der Waals surface area contributed by atoms with Gasteiger partial charge in [-0.1, -0.05) is 45.0 Å². The van der Waals surface area contributed by atoms with Crippen LogP contribution in [0.25, 0.3) is 0 Å². The number of hydrogen-bond donors (Lipinski definition) is 1. The number of nitrogens with zero attached hydrogens (tertiary/aromatic N) is 1. The van der Waals surface area contributed by atoms with Crippen molar-refractivity contribution in [2.24, 2.45) is 4.99 Å². The zero-order valence-corrected chi connectivity index (χ0v) is 19.3. The third-order valence-electron chi connectivity index (χ3n) is 5.79. The van der Waals surface area contributed by atoms with Crippen LogP contribution in [0.5, 0.6) is 11.5 Å². The first-order valence-electron chi connectivity index (χ1n) is 10.7. The lowest BCUT2D eigenvalue weighted by Crippen LogP contribution is -2.01. The molecule has 0 N–H and O–H groups in total. The molecular formula is C25H35NO2S. The summed E-state index contributed by atoms with van der Waals surface area (Å²) in [6.07, 6.45) is 3.50. The van der Waals surface area contributed by atoms with Crippen molar-refractivity contribution in [1.82, 2.24) is 0 Å². The summed E-state index contributed by atoms with van der Waals surface area (Å²) in [5, 5.41) is 1.41. The maximum atomic E-state index is 5.51. The van der Waals surface area contributed by atoms with Crippen LogP contribution in [-0.4, -0.2) is 31.6 Å². The zero-order chi connectivity index (χ0) is 20.8. The van der Waals surface area contributed by atoms with E-state index >= 15 is 0 Å². The molecule has 3 rings (SSSR count). The highest BCUT2D eigenvalue weighted by molar-refractivity contribution is 8.30. The normalized spacial score (nSPS) is 18.6. The molecule has 0 saturated heterocycles. The molecule has 2 unspecified atom stereocenters. The van der Waals surface area contributed by atoms with E-state index in [1.807, 2.05) is 6.07 Å². The monoisotopic (exact) mass is 413 g/mol. The van der Waals surface area contributed by atoms with Gasteiger partial charge in [-0.25, -0.2) is 0 Å². The predicted octanol–water partition coefficient (Wildman–Crippen LogP) is 6.57. The lowest BCUT2D eigenvalue weighted by Gasteiger charge is -2.20. The molecule has 1 aliphatic heterocycles. The van der Waals surface area contributed by atoms with Crippen LogP contribution in [0.3, 0.4) is 0 Å². The van der Waals surface area contributed by atoms with Gasteiger partial charge in [-0.15, -0.1) is 0 Å². The Hall–Kier alpha value is -1.94. The summed E-state index contributed by atoms with van der Waals surface area (Å²) in [5.74, 6) is 3.94. The second kappa shape index (κ2) is 10.2. The minimum absolute atomic E-state index is 0.327. The molecule has 1 aliphatic rings. The van der Waals surface area contributed by atoms with Crippen molar-refractivity contribution in [1.29, 1.82) is 0 Å². The summed E-state index contributed by atoms with van der Waals surface area (Å²) in [4.78, 5) is 6.23. The van der Waals surface area contributed by atoms with E-state index in [0.717, 1.165) is 30.2 Å². The maximum Gasteiger partial charge on any atom is 0.161 e. The van der Waals surface area contributed by atoms with Gasteiger partial charge in [0, 0.05) is 12.3 Å². The Bertz CT molecular complexity index is 846. The predicted molar refractivity (Wildman–Crippen MR) is 127 cm³/mol. The summed E-state index contributed by atoms with van der Waals surface area (Å²) in [6, 6.07) is 15.5. The first-order chi connectivity index (χ1) is 14.0.